The molecule has 3 heterocycles. The number of carbonyl (C=O) groups excluding carboxylic acids is 4. The van der Waals surface area contributed by atoms with Crippen LogP contribution in [-0.4, -0.2) is 56.9 Å². The maximum Gasteiger partial charge on any atom is 0.271 e. The average Bonchev–Trinajstić information content (AvgIpc) is 3.57. The largest absolute Gasteiger partial charge is 0.391 e. The first-order chi connectivity index (χ1) is 18.1. The fourth-order valence-corrected chi connectivity index (χ4v) is 5.44. The number of hydrogen-bond donors (Lipinski definition) is 5. The first-order valence-electron chi connectivity index (χ1n) is 12.0. The van der Waals surface area contributed by atoms with E-state index in [0.717, 1.165) is 5.56 Å². The van der Waals surface area contributed by atoms with Crippen molar-refractivity contribution in [1.29, 1.82) is 0 Å². The van der Waals surface area contributed by atoms with Gasteiger partial charge >= 0.3 is 0 Å². The van der Waals surface area contributed by atoms with Crippen LogP contribution in [0.4, 0.5) is 0 Å². The van der Waals surface area contributed by atoms with Crippen LogP contribution in [0.2, 0.25) is 0 Å². The van der Waals surface area contributed by atoms with Crippen LogP contribution in [0.25, 0.3) is 0 Å². The standard InChI is InChI=1S/C25H28N6O5S2/c1-12-24-30-18(11-38-24)22(35)28-16(9-15-7-5-4-6-8-15)20(33)31-19(14(3)32)23(36)27-13(2)25-29-17(10-37-25)21(34)26-12/h4-8,10-14,16,19,32H,9H2,1-3H3,(H,26,34)(H,27,36)(H,28,35)(H,31,33)/t12?,13?,14-,16+,19+/m1/s1. The fourth-order valence-electron chi connectivity index (χ4n) is 3.83. The molecule has 1 aromatic carbocycles. The van der Waals surface area contributed by atoms with Gasteiger partial charge in [0, 0.05) is 17.2 Å². The van der Waals surface area contributed by atoms with Crippen LogP contribution >= 0.6 is 22.7 Å². The van der Waals surface area contributed by atoms with Gasteiger partial charge in [0.1, 0.15) is 33.5 Å². The molecule has 0 aliphatic carbocycles. The maximum atomic E-state index is 13.4. The van der Waals surface area contributed by atoms with Crippen molar-refractivity contribution in [3.63, 3.8) is 0 Å². The summed E-state index contributed by atoms with van der Waals surface area (Å²) in [6.45, 7) is 4.82. The third kappa shape index (κ3) is 6.41. The van der Waals surface area contributed by atoms with E-state index in [2.05, 4.69) is 31.2 Å². The van der Waals surface area contributed by atoms with Crippen molar-refractivity contribution in [3.8, 4) is 0 Å². The molecule has 3 aromatic rings. The Morgan fingerprint density at radius 3 is 1.95 bits per heavy atom. The molecule has 0 saturated carbocycles. The summed E-state index contributed by atoms with van der Waals surface area (Å²) in [5.74, 6) is -2.27. The topological polar surface area (TPSA) is 162 Å². The number of thiazole rings is 2. The van der Waals surface area contributed by atoms with Gasteiger partial charge in [0.2, 0.25) is 11.8 Å². The lowest BCUT2D eigenvalue weighted by Crippen LogP contribution is -2.57. The lowest BCUT2D eigenvalue weighted by Gasteiger charge is -2.25. The average molecular weight is 557 g/mol. The van der Waals surface area contributed by atoms with Crippen molar-refractivity contribution < 1.29 is 24.3 Å². The van der Waals surface area contributed by atoms with Crippen molar-refractivity contribution in [1.82, 2.24) is 31.2 Å². The third-order valence-electron chi connectivity index (χ3n) is 5.92. The number of nitrogens with zero attached hydrogens (tertiary/aromatic N) is 2. The zero-order chi connectivity index (χ0) is 27.4. The molecule has 4 rings (SSSR count). The zero-order valence-corrected chi connectivity index (χ0v) is 22.6. The number of aliphatic hydroxyl groups is 1. The van der Waals surface area contributed by atoms with Crippen LogP contribution < -0.4 is 21.3 Å². The van der Waals surface area contributed by atoms with E-state index in [-0.39, 0.29) is 17.8 Å². The Kier molecular flexibility index (Phi) is 8.49. The fraction of sp³-hybridized carbons (Fsp3) is 0.360. The molecule has 2 unspecified atom stereocenters. The lowest BCUT2D eigenvalue weighted by molar-refractivity contribution is -0.132. The van der Waals surface area contributed by atoms with Crippen molar-refractivity contribution in [3.05, 3.63) is 68.1 Å². The van der Waals surface area contributed by atoms with Gasteiger partial charge in [-0.15, -0.1) is 22.7 Å². The van der Waals surface area contributed by atoms with Crippen molar-refractivity contribution in [2.75, 3.05) is 0 Å². The molecule has 5 atom stereocenters. The zero-order valence-electron chi connectivity index (χ0n) is 20.9. The second kappa shape index (κ2) is 11.8. The number of fused-ring (bicyclic) bond motifs is 4. The number of nitrogens with one attached hydrogen (secondary N) is 4. The van der Waals surface area contributed by atoms with E-state index < -0.39 is 53.9 Å². The Hall–Kier alpha value is -3.68. The molecule has 0 radical (unpaired) electrons. The van der Waals surface area contributed by atoms with Crippen LogP contribution in [0.15, 0.2) is 41.1 Å². The maximum absolute atomic E-state index is 13.4. The summed E-state index contributed by atoms with van der Waals surface area (Å²) in [6, 6.07) is 5.66. The first kappa shape index (κ1) is 27.4. The molecular weight excluding hydrogens is 528 g/mol. The van der Waals surface area contributed by atoms with Gasteiger partial charge in [0.05, 0.1) is 18.2 Å². The van der Waals surface area contributed by atoms with E-state index in [0.29, 0.717) is 10.0 Å². The molecule has 2 aromatic heterocycles. The minimum absolute atomic E-state index is 0.0904. The molecule has 4 amide bonds. The van der Waals surface area contributed by atoms with Crippen LogP contribution in [-0.2, 0) is 16.0 Å². The van der Waals surface area contributed by atoms with E-state index in [1.54, 1.807) is 24.6 Å². The van der Waals surface area contributed by atoms with E-state index in [4.69, 9.17) is 0 Å². The number of carbonyl (C=O) groups is 4. The molecule has 38 heavy (non-hydrogen) atoms. The lowest BCUT2D eigenvalue weighted by atomic mass is 10.0. The van der Waals surface area contributed by atoms with Crippen LogP contribution in [0, 0.1) is 0 Å². The number of hydrogen-bond acceptors (Lipinski definition) is 9. The highest BCUT2D eigenvalue weighted by Gasteiger charge is 2.32. The summed E-state index contributed by atoms with van der Waals surface area (Å²) in [5.41, 5.74) is 1.06. The van der Waals surface area contributed by atoms with Gasteiger partial charge in [-0.1, -0.05) is 30.3 Å². The summed E-state index contributed by atoms with van der Waals surface area (Å²) >= 11 is 2.41. The van der Waals surface area contributed by atoms with Crippen molar-refractivity contribution >= 4 is 46.3 Å². The minimum atomic E-state index is -1.30. The SMILES string of the molecule is CC1NC(=O)c2csc(n2)C(C)NC(=O)[C@H]([C@@H](C)O)NC(=O)[C@H](Cc2ccccc2)NC(=O)c2csc1n2. The predicted octanol–water partition coefficient (Wildman–Crippen LogP) is 1.49. The smallest absolute Gasteiger partial charge is 0.271 e. The predicted molar refractivity (Wildman–Crippen MR) is 142 cm³/mol. The molecule has 0 saturated heterocycles. The van der Waals surface area contributed by atoms with Gasteiger partial charge in [-0.25, -0.2) is 9.97 Å². The molecule has 0 spiro atoms. The number of rotatable bonds is 3. The number of aliphatic hydroxyl groups excluding tert-OH is 1. The van der Waals surface area contributed by atoms with Gasteiger partial charge in [-0.3, -0.25) is 19.2 Å². The van der Waals surface area contributed by atoms with Crippen molar-refractivity contribution in [2.45, 2.75) is 57.5 Å². The second-order valence-corrected chi connectivity index (χ2v) is 10.8. The molecule has 1 aliphatic heterocycles. The van der Waals surface area contributed by atoms with Gasteiger partial charge in [-0.05, 0) is 26.3 Å². The van der Waals surface area contributed by atoms with E-state index in [9.17, 15) is 24.3 Å². The van der Waals surface area contributed by atoms with Crippen LogP contribution in [0.3, 0.4) is 0 Å². The van der Waals surface area contributed by atoms with E-state index >= 15 is 0 Å². The minimum Gasteiger partial charge on any atom is -0.391 e. The summed E-state index contributed by atoms with van der Waals surface area (Å²) in [5, 5.41) is 25.3. The summed E-state index contributed by atoms with van der Waals surface area (Å²) < 4.78 is 0. The highest BCUT2D eigenvalue weighted by Crippen LogP contribution is 2.21. The molecule has 11 nitrogen and oxygen atoms in total. The van der Waals surface area contributed by atoms with Gasteiger partial charge in [0.15, 0.2) is 0 Å². The molecule has 13 heteroatoms. The van der Waals surface area contributed by atoms with E-state index in [1.165, 1.54) is 29.6 Å². The summed E-state index contributed by atoms with van der Waals surface area (Å²) in [4.78, 5) is 61.0. The van der Waals surface area contributed by atoms with Gasteiger partial charge < -0.3 is 26.4 Å². The number of aromatic nitrogens is 2. The molecule has 5 N–H and O–H groups in total. The first-order valence-corrected chi connectivity index (χ1v) is 13.7. The highest BCUT2D eigenvalue weighted by atomic mass is 32.1. The summed E-state index contributed by atoms with van der Waals surface area (Å²) in [6.07, 6.45) is -1.08. The monoisotopic (exact) mass is 556 g/mol. The summed E-state index contributed by atoms with van der Waals surface area (Å²) in [7, 11) is 0. The van der Waals surface area contributed by atoms with Crippen molar-refractivity contribution in [2.24, 2.45) is 0 Å². The van der Waals surface area contributed by atoms with Gasteiger partial charge in [0.25, 0.3) is 11.8 Å². The molecule has 0 fully saturated rings. The Labute approximate surface area is 227 Å². The van der Waals surface area contributed by atoms with Crippen LogP contribution in [0.1, 0.15) is 69.4 Å². The molecule has 1 aliphatic rings. The Bertz CT molecular complexity index is 1320. The molecular formula is C25H28N6O5S2. The molecule has 200 valence electrons. The highest BCUT2D eigenvalue weighted by molar-refractivity contribution is 7.10. The number of amides is 4. The third-order valence-corrected chi connectivity index (χ3v) is 7.98. The van der Waals surface area contributed by atoms with E-state index in [1.807, 2.05) is 30.3 Å². The normalized spacial score (nSPS) is 23.8. The van der Waals surface area contributed by atoms with Gasteiger partial charge in [-0.2, -0.15) is 0 Å². The number of benzene rings is 1. The quantitative estimate of drug-likeness (QED) is 0.326. The van der Waals surface area contributed by atoms with Crippen LogP contribution in [0.5, 0.6) is 0 Å². The Balaban J connectivity index is 1.68. The Morgan fingerprint density at radius 1 is 0.816 bits per heavy atom. The Morgan fingerprint density at radius 2 is 1.37 bits per heavy atom. The second-order valence-electron chi connectivity index (χ2n) is 9.01. The molecule has 4 bridgehead atoms.